The Bertz CT molecular complexity index is 378. The molecule has 0 fully saturated rings. The second-order valence-corrected chi connectivity index (χ2v) is 6.47. The Hall–Kier alpha value is -0.900. The van der Waals surface area contributed by atoms with Gasteiger partial charge in [-0.05, 0) is 31.0 Å². The summed E-state index contributed by atoms with van der Waals surface area (Å²) in [6.07, 6.45) is 2.38. The van der Waals surface area contributed by atoms with E-state index in [9.17, 15) is 5.11 Å². The second-order valence-electron chi connectivity index (χ2n) is 6.47. The van der Waals surface area contributed by atoms with Gasteiger partial charge in [-0.1, -0.05) is 57.5 Å². The molecule has 0 saturated heterocycles. The van der Waals surface area contributed by atoms with Crippen LogP contribution in [0.25, 0.3) is 0 Å². The number of hydrogen-bond donors (Lipinski definition) is 2. The van der Waals surface area contributed by atoms with Crippen LogP contribution < -0.4 is 5.32 Å². The molecule has 1 aromatic rings. The van der Waals surface area contributed by atoms with Crippen molar-refractivity contribution in [1.29, 1.82) is 0 Å². The van der Waals surface area contributed by atoms with E-state index in [2.05, 4.69) is 61.3 Å². The summed E-state index contributed by atoms with van der Waals surface area (Å²) in [7, 11) is 2.03. The second kappa shape index (κ2) is 9.19. The van der Waals surface area contributed by atoms with E-state index in [-0.39, 0.29) is 12.0 Å². The van der Waals surface area contributed by atoms with Crippen molar-refractivity contribution >= 4 is 0 Å². The summed E-state index contributed by atoms with van der Waals surface area (Å²) in [5, 5.41) is 12.8. The summed E-state index contributed by atoms with van der Waals surface area (Å²) in [4.78, 5) is 2.39. The average molecular weight is 292 g/mol. The molecule has 1 atom stereocenters. The first-order chi connectivity index (χ1) is 10.0. The van der Waals surface area contributed by atoms with Gasteiger partial charge in [-0.2, -0.15) is 0 Å². The van der Waals surface area contributed by atoms with Crippen LogP contribution in [0.2, 0.25) is 0 Å². The van der Waals surface area contributed by atoms with Gasteiger partial charge in [-0.25, -0.2) is 0 Å². The number of benzene rings is 1. The van der Waals surface area contributed by atoms with E-state index >= 15 is 0 Å². The molecule has 0 heterocycles. The third-order valence-corrected chi connectivity index (χ3v) is 4.08. The summed E-state index contributed by atoms with van der Waals surface area (Å²) in [6.45, 7) is 9.85. The first-order valence-electron chi connectivity index (χ1n) is 8.10. The predicted octanol–water partition coefficient (Wildman–Crippen LogP) is 3.07. The third kappa shape index (κ3) is 5.77. The van der Waals surface area contributed by atoms with E-state index in [1.807, 2.05) is 7.05 Å². The standard InChI is InChI=1S/C18H32N2O/c1-5-6-12-20(13-14-21)15-18(2,3)17(19-4)16-10-8-7-9-11-16/h7-11,17,19,21H,5-6,12-15H2,1-4H3. The minimum absolute atomic E-state index is 0.0962. The molecule has 0 spiro atoms. The molecular formula is C18H32N2O. The lowest BCUT2D eigenvalue weighted by molar-refractivity contribution is 0.117. The van der Waals surface area contributed by atoms with Gasteiger partial charge in [-0.15, -0.1) is 0 Å². The van der Waals surface area contributed by atoms with Crippen LogP contribution in [0.5, 0.6) is 0 Å². The molecule has 0 aliphatic rings. The van der Waals surface area contributed by atoms with Gasteiger partial charge in [0.05, 0.1) is 6.61 Å². The summed E-state index contributed by atoms with van der Waals surface area (Å²) in [6, 6.07) is 10.9. The molecule has 21 heavy (non-hydrogen) atoms. The van der Waals surface area contributed by atoms with Gasteiger partial charge in [0.1, 0.15) is 0 Å². The van der Waals surface area contributed by atoms with Gasteiger partial charge in [0.25, 0.3) is 0 Å². The van der Waals surface area contributed by atoms with Crippen LogP contribution in [0.15, 0.2) is 30.3 Å². The number of hydrogen-bond acceptors (Lipinski definition) is 3. The van der Waals surface area contributed by atoms with E-state index in [1.165, 1.54) is 18.4 Å². The molecule has 0 aliphatic carbocycles. The summed E-state index contributed by atoms with van der Waals surface area (Å²) in [5.41, 5.74) is 1.42. The highest BCUT2D eigenvalue weighted by molar-refractivity contribution is 5.21. The monoisotopic (exact) mass is 292 g/mol. The van der Waals surface area contributed by atoms with Gasteiger partial charge in [-0.3, -0.25) is 0 Å². The summed E-state index contributed by atoms with van der Waals surface area (Å²) < 4.78 is 0. The van der Waals surface area contributed by atoms with Crippen molar-refractivity contribution in [2.75, 3.05) is 33.3 Å². The largest absolute Gasteiger partial charge is 0.395 e. The van der Waals surface area contributed by atoms with Crippen LogP contribution in [-0.4, -0.2) is 43.3 Å². The zero-order valence-corrected chi connectivity index (χ0v) is 14.1. The van der Waals surface area contributed by atoms with E-state index in [4.69, 9.17) is 0 Å². The molecule has 3 nitrogen and oxygen atoms in total. The van der Waals surface area contributed by atoms with Gasteiger partial charge < -0.3 is 15.3 Å². The molecule has 0 aromatic heterocycles. The number of rotatable bonds is 10. The summed E-state index contributed by atoms with van der Waals surface area (Å²) >= 11 is 0. The topological polar surface area (TPSA) is 35.5 Å². The van der Waals surface area contributed by atoms with Crippen LogP contribution in [0.4, 0.5) is 0 Å². The lowest BCUT2D eigenvalue weighted by Gasteiger charge is -2.39. The van der Waals surface area contributed by atoms with Gasteiger partial charge >= 0.3 is 0 Å². The van der Waals surface area contributed by atoms with Crippen molar-refractivity contribution in [2.24, 2.45) is 5.41 Å². The number of nitrogens with zero attached hydrogens (tertiary/aromatic N) is 1. The van der Waals surface area contributed by atoms with Crippen LogP contribution in [0, 0.1) is 5.41 Å². The van der Waals surface area contributed by atoms with Crippen LogP contribution in [0.1, 0.15) is 45.2 Å². The Kier molecular flexibility index (Phi) is 7.94. The van der Waals surface area contributed by atoms with Crippen LogP contribution in [0.3, 0.4) is 0 Å². The zero-order valence-electron chi connectivity index (χ0n) is 14.1. The molecule has 3 heteroatoms. The fraction of sp³-hybridized carbons (Fsp3) is 0.667. The van der Waals surface area contributed by atoms with Gasteiger partial charge in [0.15, 0.2) is 0 Å². The number of nitrogens with one attached hydrogen (secondary N) is 1. The molecule has 1 aromatic carbocycles. The van der Waals surface area contributed by atoms with Crippen molar-refractivity contribution < 1.29 is 5.11 Å². The highest BCUT2D eigenvalue weighted by Gasteiger charge is 2.31. The molecule has 0 bridgehead atoms. The Labute approximate surface area is 130 Å². The molecule has 1 unspecified atom stereocenters. The highest BCUT2D eigenvalue weighted by atomic mass is 16.3. The number of aliphatic hydroxyl groups is 1. The molecule has 2 N–H and O–H groups in total. The fourth-order valence-corrected chi connectivity index (χ4v) is 3.11. The number of unbranched alkanes of at least 4 members (excludes halogenated alkanes) is 1. The Morgan fingerprint density at radius 2 is 1.86 bits per heavy atom. The fourth-order valence-electron chi connectivity index (χ4n) is 3.11. The van der Waals surface area contributed by atoms with Crippen molar-refractivity contribution in [3.8, 4) is 0 Å². The predicted molar refractivity (Wildman–Crippen MR) is 90.5 cm³/mol. The molecule has 0 amide bonds. The molecule has 120 valence electrons. The van der Waals surface area contributed by atoms with Crippen LogP contribution in [-0.2, 0) is 0 Å². The quantitative estimate of drug-likeness (QED) is 0.696. The van der Waals surface area contributed by atoms with E-state index in [0.29, 0.717) is 6.04 Å². The minimum atomic E-state index is 0.0962. The maximum Gasteiger partial charge on any atom is 0.0558 e. The molecular weight excluding hydrogens is 260 g/mol. The van der Waals surface area contributed by atoms with Crippen molar-refractivity contribution in [2.45, 2.75) is 39.7 Å². The average Bonchev–Trinajstić information content (AvgIpc) is 2.46. The third-order valence-electron chi connectivity index (χ3n) is 4.08. The lowest BCUT2D eigenvalue weighted by atomic mass is 9.80. The molecule has 0 aliphatic heterocycles. The highest BCUT2D eigenvalue weighted by Crippen LogP contribution is 2.33. The minimum Gasteiger partial charge on any atom is -0.395 e. The zero-order chi connectivity index (χ0) is 15.7. The smallest absolute Gasteiger partial charge is 0.0558 e. The van der Waals surface area contributed by atoms with Gasteiger partial charge in [0.2, 0.25) is 0 Å². The van der Waals surface area contributed by atoms with Crippen molar-refractivity contribution in [3.05, 3.63) is 35.9 Å². The normalized spacial score (nSPS) is 13.6. The summed E-state index contributed by atoms with van der Waals surface area (Å²) in [5.74, 6) is 0. The van der Waals surface area contributed by atoms with E-state index in [1.54, 1.807) is 0 Å². The molecule has 1 rings (SSSR count). The maximum atomic E-state index is 9.29. The Balaban J connectivity index is 2.80. The van der Waals surface area contributed by atoms with E-state index in [0.717, 1.165) is 19.6 Å². The maximum absolute atomic E-state index is 9.29. The molecule has 0 saturated carbocycles. The lowest BCUT2D eigenvalue weighted by Crippen LogP contribution is -2.43. The van der Waals surface area contributed by atoms with Crippen LogP contribution >= 0.6 is 0 Å². The van der Waals surface area contributed by atoms with Gasteiger partial charge in [0, 0.05) is 19.1 Å². The first kappa shape index (κ1) is 18.1. The first-order valence-corrected chi connectivity index (χ1v) is 8.10. The SMILES string of the molecule is CCCCN(CCO)CC(C)(C)C(NC)c1ccccc1. The van der Waals surface area contributed by atoms with Crippen molar-refractivity contribution in [3.63, 3.8) is 0 Å². The van der Waals surface area contributed by atoms with Crippen molar-refractivity contribution in [1.82, 2.24) is 10.2 Å². The van der Waals surface area contributed by atoms with E-state index < -0.39 is 0 Å². The Morgan fingerprint density at radius 1 is 1.19 bits per heavy atom. The molecule has 0 radical (unpaired) electrons. The number of aliphatic hydroxyl groups excluding tert-OH is 1. The Morgan fingerprint density at radius 3 is 2.38 bits per heavy atom.